The Morgan fingerprint density at radius 1 is 0.382 bits per heavy atom. The second-order valence-corrected chi connectivity index (χ2v) is 14.1. The number of hydrogen-bond acceptors (Lipinski definition) is 2. The molecule has 11 aromatic rings. The summed E-state index contributed by atoms with van der Waals surface area (Å²) in [5, 5.41) is 7.12. The maximum atomic E-state index is 6.93. The third kappa shape index (κ3) is 4.98. The normalized spacial score (nSPS) is 11.6. The van der Waals surface area contributed by atoms with Crippen molar-refractivity contribution in [2.24, 2.45) is 0 Å². The lowest BCUT2D eigenvalue weighted by Crippen LogP contribution is -2.10. The summed E-state index contributed by atoms with van der Waals surface area (Å²) in [6.07, 6.45) is 0. The van der Waals surface area contributed by atoms with Crippen LogP contribution in [0.4, 0.5) is 17.1 Å². The summed E-state index contributed by atoms with van der Waals surface area (Å²) in [4.78, 5) is 2.36. The topological polar surface area (TPSA) is 21.3 Å². The van der Waals surface area contributed by atoms with E-state index in [-0.39, 0.29) is 0 Å². The van der Waals surface area contributed by atoms with Gasteiger partial charge in [-0.3, -0.25) is 0 Å². The highest BCUT2D eigenvalue weighted by Gasteiger charge is 2.24. The van der Waals surface area contributed by atoms with Crippen molar-refractivity contribution in [3.8, 4) is 27.9 Å². The van der Waals surface area contributed by atoms with Crippen molar-refractivity contribution in [2.75, 3.05) is 4.90 Å². The summed E-state index contributed by atoms with van der Waals surface area (Å²) in [6, 6.07) is 73.7. The molecular weight excluding hydrogens is 669 g/mol. The van der Waals surface area contributed by atoms with Gasteiger partial charge in [-0.1, -0.05) is 146 Å². The van der Waals surface area contributed by atoms with Gasteiger partial charge in [-0.15, -0.1) is 0 Å². The van der Waals surface area contributed by atoms with Crippen LogP contribution in [-0.4, -0.2) is 4.57 Å². The van der Waals surface area contributed by atoms with Crippen molar-refractivity contribution >= 4 is 71.6 Å². The number of furan rings is 1. The van der Waals surface area contributed by atoms with Crippen molar-refractivity contribution in [3.63, 3.8) is 0 Å². The SMILES string of the molecule is c1ccc(N(c2ccc(-c3cccc4ccccc34)cc2)c2ccc(-c3ccccc3-n3c4ccccc4c4ccccc43)c3oc4ccccc4c23)cc1. The summed E-state index contributed by atoms with van der Waals surface area (Å²) in [7, 11) is 0. The minimum Gasteiger partial charge on any atom is -0.455 e. The maximum Gasteiger partial charge on any atom is 0.145 e. The van der Waals surface area contributed by atoms with E-state index in [2.05, 4.69) is 216 Å². The summed E-state index contributed by atoms with van der Waals surface area (Å²) < 4.78 is 9.33. The lowest BCUT2D eigenvalue weighted by atomic mass is 9.97. The Morgan fingerprint density at radius 2 is 0.964 bits per heavy atom. The molecule has 258 valence electrons. The third-order valence-corrected chi connectivity index (χ3v) is 11.0. The maximum absolute atomic E-state index is 6.93. The quantitative estimate of drug-likeness (QED) is 0.172. The van der Waals surface area contributed by atoms with Gasteiger partial charge in [0.05, 0.1) is 27.8 Å². The van der Waals surface area contributed by atoms with Gasteiger partial charge in [0.25, 0.3) is 0 Å². The Hall–Kier alpha value is -7.36. The highest BCUT2D eigenvalue weighted by atomic mass is 16.3. The molecule has 2 heterocycles. The molecule has 0 fully saturated rings. The fraction of sp³-hybridized carbons (Fsp3) is 0. The van der Waals surface area contributed by atoms with Crippen LogP contribution in [0.25, 0.3) is 82.5 Å². The summed E-state index contributed by atoms with van der Waals surface area (Å²) >= 11 is 0. The molecule has 0 unspecified atom stereocenters. The number of hydrogen-bond donors (Lipinski definition) is 0. The first-order chi connectivity index (χ1) is 27.3. The monoisotopic (exact) mass is 702 g/mol. The molecule has 2 aromatic heterocycles. The number of aromatic nitrogens is 1. The van der Waals surface area contributed by atoms with E-state index in [0.717, 1.165) is 55.8 Å². The molecule has 0 amide bonds. The molecule has 0 saturated heterocycles. The highest BCUT2D eigenvalue weighted by molar-refractivity contribution is 6.18. The van der Waals surface area contributed by atoms with Crippen molar-refractivity contribution in [3.05, 3.63) is 206 Å². The zero-order valence-corrected chi connectivity index (χ0v) is 29.9. The lowest BCUT2D eigenvalue weighted by Gasteiger charge is -2.27. The molecule has 3 heteroatoms. The molecule has 0 atom stereocenters. The molecule has 11 rings (SSSR count). The minimum atomic E-state index is 0.861. The molecule has 0 bridgehead atoms. The number of rotatable bonds is 6. The summed E-state index contributed by atoms with van der Waals surface area (Å²) in [5.74, 6) is 0. The first-order valence-electron chi connectivity index (χ1n) is 18.8. The molecule has 0 N–H and O–H groups in total. The van der Waals surface area contributed by atoms with E-state index in [4.69, 9.17) is 4.42 Å². The fourth-order valence-corrected chi connectivity index (χ4v) is 8.56. The second kappa shape index (κ2) is 12.6. The van der Waals surface area contributed by atoms with Crippen molar-refractivity contribution in [2.45, 2.75) is 0 Å². The first-order valence-corrected chi connectivity index (χ1v) is 18.8. The van der Waals surface area contributed by atoms with Gasteiger partial charge in [0, 0.05) is 38.7 Å². The molecule has 0 aliphatic rings. The van der Waals surface area contributed by atoms with E-state index in [1.54, 1.807) is 0 Å². The minimum absolute atomic E-state index is 0.861. The van der Waals surface area contributed by atoms with E-state index in [1.165, 1.54) is 43.7 Å². The van der Waals surface area contributed by atoms with Crippen LogP contribution in [0.1, 0.15) is 0 Å². The van der Waals surface area contributed by atoms with E-state index in [9.17, 15) is 0 Å². The molecule has 9 aromatic carbocycles. The Balaban J connectivity index is 1.14. The lowest BCUT2D eigenvalue weighted by molar-refractivity contribution is 0.670. The Morgan fingerprint density at radius 3 is 1.75 bits per heavy atom. The third-order valence-electron chi connectivity index (χ3n) is 11.0. The van der Waals surface area contributed by atoms with E-state index >= 15 is 0 Å². The molecule has 0 radical (unpaired) electrons. The van der Waals surface area contributed by atoms with Gasteiger partial charge in [0.1, 0.15) is 11.2 Å². The summed E-state index contributed by atoms with van der Waals surface area (Å²) in [6.45, 7) is 0. The van der Waals surface area contributed by atoms with Crippen LogP contribution < -0.4 is 4.90 Å². The van der Waals surface area contributed by atoms with Crippen LogP contribution in [-0.2, 0) is 0 Å². The number of benzene rings is 9. The molecule has 0 aliphatic carbocycles. The highest BCUT2D eigenvalue weighted by Crippen LogP contribution is 2.47. The molecule has 0 spiro atoms. The second-order valence-electron chi connectivity index (χ2n) is 14.1. The van der Waals surface area contributed by atoms with Crippen molar-refractivity contribution < 1.29 is 4.42 Å². The fourth-order valence-electron chi connectivity index (χ4n) is 8.56. The molecule has 3 nitrogen and oxygen atoms in total. The van der Waals surface area contributed by atoms with Crippen LogP contribution in [0.15, 0.2) is 211 Å². The van der Waals surface area contributed by atoms with Gasteiger partial charge in [-0.2, -0.15) is 0 Å². The zero-order chi connectivity index (χ0) is 36.3. The predicted molar refractivity (Wildman–Crippen MR) is 231 cm³/mol. The van der Waals surface area contributed by atoms with E-state index in [0.29, 0.717) is 0 Å². The van der Waals surface area contributed by atoms with Crippen LogP contribution in [0.5, 0.6) is 0 Å². The van der Waals surface area contributed by atoms with Gasteiger partial charge in [0.15, 0.2) is 0 Å². The van der Waals surface area contributed by atoms with Crippen LogP contribution in [0, 0.1) is 0 Å². The van der Waals surface area contributed by atoms with Gasteiger partial charge in [-0.05, 0) is 82.6 Å². The number of anilines is 3. The van der Waals surface area contributed by atoms with Gasteiger partial charge >= 0.3 is 0 Å². The summed E-state index contributed by atoms with van der Waals surface area (Å²) in [5.41, 5.74) is 13.0. The van der Waals surface area contributed by atoms with Crippen LogP contribution >= 0.6 is 0 Å². The molecular formula is C52H34N2O. The molecule has 0 aliphatic heterocycles. The van der Waals surface area contributed by atoms with Gasteiger partial charge in [-0.25, -0.2) is 0 Å². The standard InChI is InChI=1S/C52H34N2O/c1-2-17-37(18-3-1)53(38-31-29-36(30-32-38)40-24-14-16-35-15-4-5-19-39(35)40)49-34-33-44(52-51(49)45-23-9-13-28-50(45)55-52)43-22-8-12-27-48(43)54-46-25-10-6-20-41(46)42-21-7-11-26-47(42)54/h1-34H. The predicted octanol–water partition coefficient (Wildman–Crippen LogP) is 14.6. The first kappa shape index (κ1) is 31.2. The van der Waals surface area contributed by atoms with E-state index in [1.807, 2.05) is 0 Å². The zero-order valence-electron chi connectivity index (χ0n) is 29.9. The van der Waals surface area contributed by atoms with Gasteiger partial charge < -0.3 is 13.9 Å². The Labute approximate surface area is 318 Å². The van der Waals surface area contributed by atoms with Crippen LogP contribution in [0.3, 0.4) is 0 Å². The average molecular weight is 703 g/mol. The number of nitrogens with zero attached hydrogens (tertiary/aromatic N) is 2. The van der Waals surface area contributed by atoms with Gasteiger partial charge in [0.2, 0.25) is 0 Å². The van der Waals surface area contributed by atoms with Crippen LogP contribution in [0.2, 0.25) is 0 Å². The number of para-hydroxylation sites is 5. The molecule has 55 heavy (non-hydrogen) atoms. The Kier molecular flexibility index (Phi) is 7.17. The molecule has 0 saturated carbocycles. The van der Waals surface area contributed by atoms with Crippen molar-refractivity contribution in [1.82, 2.24) is 4.57 Å². The average Bonchev–Trinajstić information content (AvgIpc) is 3.81. The largest absolute Gasteiger partial charge is 0.455 e. The smallest absolute Gasteiger partial charge is 0.145 e. The van der Waals surface area contributed by atoms with E-state index < -0.39 is 0 Å². The number of fused-ring (bicyclic) bond motifs is 7. The Bertz CT molecular complexity index is 3150. The van der Waals surface area contributed by atoms with Crippen molar-refractivity contribution in [1.29, 1.82) is 0 Å².